The van der Waals surface area contributed by atoms with E-state index in [1.807, 2.05) is 25.9 Å². The summed E-state index contributed by atoms with van der Waals surface area (Å²) in [7, 11) is 3.81. The lowest BCUT2D eigenvalue weighted by Gasteiger charge is -2.20. The molecule has 1 aromatic rings. The molecule has 0 saturated heterocycles. The molecule has 18 heavy (non-hydrogen) atoms. The van der Waals surface area contributed by atoms with E-state index >= 15 is 0 Å². The lowest BCUT2D eigenvalue weighted by atomic mass is 10.1. The van der Waals surface area contributed by atoms with Gasteiger partial charge in [0.15, 0.2) is 0 Å². The molecule has 0 aromatic heterocycles. The van der Waals surface area contributed by atoms with Crippen LogP contribution in [0.25, 0.3) is 0 Å². The average molecular weight is 275 g/mol. The molecule has 0 bridgehead atoms. The molecule has 1 rings (SSSR count). The fourth-order valence-corrected chi connectivity index (χ4v) is 2.09. The average Bonchev–Trinajstić information content (AvgIpc) is 2.25. The van der Waals surface area contributed by atoms with E-state index in [2.05, 4.69) is 5.32 Å². The molecule has 0 radical (unpaired) electrons. The standard InChI is InChI=1S/C13H20ClFN2O/c1-9(16-7-11(18)8-17(2)3)12-5-4-10(15)6-13(12)14/h4-6,9,11,16,18H,7-8H2,1-3H3. The minimum absolute atomic E-state index is 0.0325. The first-order valence-electron chi connectivity index (χ1n) is 5.91. The molecule has 3 nitrogen and oxygen atoms in total. The van der Waals surface area contributed by atoms with E-state index < -0.39 is 6.10 Å². The summed E-state index contributed by atoms with van der Waals surface area (Å²) in [5, 5.41) is 13.3. The van der Waals surface area contributed by atoms with Crippen molar-refractivity contribution >= 4 is 11.6 Å². The Labute approximate surface area is 113 Å². The molecule has 2 N–H and O–H groups in total. The maximum atomic E-state index is 12.9. The molecule has 0 aliphatic heterocycles. The van der Waals surface area contributed by atoms with Crippen molar-refractivity contribution in [2.24, 2.45) is 0 Å². The fourth-order valence-electron chi connectivity index (χ4n) is 1.76. The number of aliphatic hydroxyl groups excluding tert-OH is 1. The zero-order valence-corrected chi connectivity index (χ0v) is 11.7. The molecular weight excluding hydrogens is 255 g/mol. The van der Waals surface area contributed by atoms with Crippen LogP contribution in [0.4, 0.5) is 4.39 Å². The number of nitrogens with zero attached hydrogens (tertiary/aromatic N) is 1. The second-order valence-corrected chi connectivity index (χ2v) is 5.12. The van der Waals surface area contributed by atoms with Gasteiger partial charge in [-0.25, -0.2) is 4.39 Å². The third-order valence-corrected chi connectivity index (χ3v) is 2.99. The molecule has 0 spiro atoms. The Morgan fingerprint density at radius 1 is 1.44 bits per heavy atom. The van der Waals surface area contributed by atoms with Gasteiger partial charge in [0.25, 0.3) is 0 Å². The van der Waals surface area contributed by atoms with Crippen LogP contribution in [0.3, 0.4) is 0 Å². The van der Waals surface area contributed by atoms with E-state index in [1.54, 1.807) is 6.07 Å². The van der Waals surface area contributed by atoms with Gasteiger partial charge in [0, 0.05) is 24.2 Å². The van der Waals surface area contributed by atoms with E-state index in [1.165, 1.54) is 12.1 Å². The van der Waals surface area contributed by atoms with Crippen LogP contribution in [0.1, 0.15) is 18.5 Å². The van der Waals surface area contributed by atoms with Crippen molar-refractivity contribution in [1.29, 1.82) is 0 Å². The van der Waals surface area contributed by atoms with Gasteiger partial charge >= 0.3 is 0 Å². The van der Waals surface area contributed by atoms with Crippen molar-refractivity contribution in [3.63, 3.8) is 0 Å². The van der Waals surface area contributed by atoms with Crippen LogP contribution < -0.4 is 5.32 Å². The number of nitrogens with one attached hydrogen (secondary N) is 1. The van der Waals surface area contributed by atoms with E-state index in [0.29, 0.717) is 18.1 Å². The number of benzene rings is 1. The predicted octanol–water partition coefficient (Wildman–Crippen LogP) is 2.05. The number of halogens is 2. The van der Waals surface area contributed by atoms with Crippen LogP contribution in [0.2, 0.25) is 5.02 Å². The quantitative estimate of drug-likeness (QED) is 0.833. The molecule has 1 aromatic carbocycles. The molecule has 102 valence electrons. The monoisotopic (exact) mass is 274 g/mol. The van der Waals surface area contributed by atoms with Crippen molar-refractivity contribution in [2.75, 3.05) is 27.2 Å². The summed E-state index contributed by atoms with van der Waals surface area (Å²) >= 11 is 5.97. The highest BCUT2D eigenvalue weighted by Crippen LogP contribution is 2.23. The highest BCUT2D eigenvalue weighted by atomic mass is 35.5. The molecule has 0 fully saturated rings. The highest BCUT2D eigenvalue weighted by molar-refractivity contribution is 6.31. The predicted molar refractivity (Wildman–Crippen MR) is 72.4 cm³/mol. The molecular formula is C13H20ClFN2O. The number of likely N-dealkylation sites (N-methyl/N-ethyl adjacent to an activating group) is 1. The van der Waals surface area contributed by atoms with Crippen LogP contribution in [0, 0.1) is 5.82 Å². The van der Waals surface area contributed by atoms with Gasteiger partial charge in [-0.15, -0.1) is 0 Å². The van der Waals surface area contributed by atoms with Gasteiger partial charge in [-0.05, 0) is 38.7 Å². The molecule has 5 heteroatoms. The van der Waals surface area contributed by atoms with Gasteiger partial charge in [-0.3, -0.25) is 0 Å². The van der Waals surface area contributed by atoms with E-state index in [0.717, 1.165) is 5.56 Å². The van der Waals surface area contributed by atoms with Gasteiger partial charge in [0.05, 0.1) is 6.10 Å². The van der Waals surface area contributed by atoms with E-state index in [4.69, 9.17) is 11.6 Å². The summed E-state index contributed by atoms with van der Waals surface area (Å²) in [4.78, 5) is 1.92. The second kappa shape index (κ2) is 7.04. The van der Waals surface area contributed by atoms with Gasteiger partial charge in [0.2, 0.25) is 0 Å². The first-order chi connectivity index (χ1) is 8.40. The second-order valence-electron chi connectivity index (χ2n) is 4.71. The molecule has 0 heterocycles. The van der Waals surface area contributed by atoms with Crippen molar-refractivity contribution in [3.8, 4) is 0 Å². The number of hydrogen-bond acceptors (Lipinski definition) is 3. The van der Waals surface area contributed by atoms with Gasteiger partial charge < -0.3 is 15.3 Å². The largest absolute Gasteiger partial charge is 0.390 e. The topological polar surface area (TPSA) is 35.5 Å². The summed E-state index contributed by atoms with van der Waals surface area (Å²) in [6.07, 6.45) is -0.443. The van der Waals surface area contributed by atoms with Crippen molar-refractivity contribution < 1.29 is 9.50 Å². The summed E-state index contributed by atoms with van der Waals surface area (Å²) < 4.78 is 12.9. The maximum Gasteiger partial charge on any atom is 0.124 e. The number of rotatable bonds is 6. The highest BCUT2D eigenvalue weighted by Gasteiger charge is 2.12. The summed E-state index contributed by atoms with van der Waals surface area (Å²) in [5.74, 6) is -0.344. The van der Waals surface area contributed by atoms with Crippen molar-refractivity contribution in [3.05, 3.63) is 34.6 Å². The fraction of sp³-hybridized carbons (Fsp3) is 0.538. The Hall–Kier alpha value is -0.680. The first kappa shape index (κ1) is 15.4. The molecule has 2 unspecified atom stereocenters. The lowest BCUT2D eigenvalue weighted by molar-refractivity contribution is 0.132. The number of aliphatic hydroxyl groups is 1. The molecule has 0 saturated carbocycles. The minimum Gasteiger partial charge on any atom is -0.390 e. The summed E-state index contributed by atoms with van der Waals surface area (Å²) in [6, 6.07) is 4.31. The van der Waals surface area contributed by atoms with Crippen LogP contribution in [-0.2, 0) is 0 Å². The van der Waals surface area contributed by atoms with Crippen molar-refractivity contribution in [2.45, 2.75) is 19.1 Å². The van der Waals surface area contributed by atoms with Crippen LogP contribution >= 0.6 is 11.6 Å². The van der Waals surface area contributed by atoms with Gasteiger partial charge in [-0.2, -0.15) is 0 Å². The molecule has 0 amide bonds. The Morgan fingerprint density at radius 2 is 2.11 bits per heavy atom. The van der Waals surface area contributed by atoms with E-state index in [-0.39, 0.29) is 11.9 Å². The van der Waals surface area contributed by atoms with Crippen molar-refractivity contribution in [1.82, 2.24) is 10.2 Å². The Bertz CT molecular complexity index is 387. The number of hydrogen-bond donors (Lipinski definition) is 2. The molecule has 2 atom stereocenters. The smallest absolute Gasteiger partial charge is 0.124 e. The lowest BCUT2D eigenvalue weighted by Crippen LogP contribution is -2.36. The third kappa shape index (κ3) is 4.90. The third-order valence-electron chi connectivity index (χ3n) is 2.66. The maximum absolute atomic E-state index is 12.9. The van der Waals surface area contributed by atoms with E-state index in [9.17, 15) is 9.50 Å². The normalized spacial score (nSPS) is 14.8. The summed E-state index contributed by atoms with van der Waals surface area (Å²) in [6.45, 7) is 2.99. The zero-order valence-electron chi connectivity index (χ0n) is 11.0. The van der Waals surface area contributed by atoms with Gasteiger partial charge in [-0.1, -0.05) is 17.7 Å². The Kier molecular flexibility index (Phi) is 6.02. The van der Waals surface area contributed by atoms with Crippen LogP contribution in [-0.4, -0.2) is 43.3 Å². The van der Waals surface area contributed by atoms with Crippen LogP contribution in [0.15, 0.2) is 18.2 Å². The molecule has 0 aliphatic rings. The van der Waals surface area contributed by atoms with Crippen LogP contribution in [0.5, 0.6) is 0 Å². The Balaban J connectivity index is 2.52. The van der Waals surface area contributed by atoms with Gasteiger partial charge in [0.1, 0.15) is 5.82 Å². The minimum atomic E-state index is -0.443. The zero-order chi connectivity index (χ0) is 13.7. The first-order valence-corrected chi connectivity index (χ1v) is 6.29. The Morgan fingerprint density at radius 3 is 2.67 bits per heavy atom. The summed E-state index contributed by atoms with van der Waals surface area (Å²) in [5.41, 5.74) is 0.829. The SMILES string of the molecule is CC(NCC(O)CN(C)C)c1ccc(F)cc1Cl. The molecule has 0 aliphatic carbocycles.